The molecule has 0 spiro atoms. The van der Waals surface area contributed by atoms with Crippen molar-refractivity contribution in [1.82, 2.24) is 9.97 Å². The number of fused-ring (bicyclic) bond motifs is 1. The summed E-state index contributed by atoms with van der Waals surface area (Å²) < 4.78 is 0. The van der Waals surface area contributed by atoms with Crippen LogP contribution in [0.25, 0.3) is 10.9 Å². The van der Waals surface area contributed by atoms with Gasteiger partial charge in [0.15, 0.2) is 0 Å². The number of nitrogens with one attached hydrogen (secondary N) is 2. The van der Waals surface area contributed by atoms with Gasteiger partial charge in [0.05, 0.1) is 18.3 Å². The second-order valence-electron chi connectivity index (χ2n) is 4.78. The Kier molecular flexibility index (Phi) is 3.21. The standard InChI is InChI=1S/C16H15N3O/c1-11-4-2-6-14-12(9-18-16(11)14)8-15(20)19-13-5-3-7-17-10-13/h2-7,9-10,18H,8H2,1H3,(H,19,20). The number of benzene rings is 1. The average Bonchev–Trinajstić information content (AvgIpc) is 2.84. The lowest BCUT2D eigenvalue weighted by Crippen LogP contribution is -2.14. The normalized spacial score (nSPS) is 10.7. The van der Waals surface area contributed by atoms with Gasteiger partial charge < -0.3 is 10.3 Å². The van der Waals surface area contributed by atoms with E-state index in [4.69, 9.17) is 0 Å². The Bertz CT molecular complexity index is 747. The zero-order chi connectivity index (χ0) is 13.9. The molecule has 3 aromatic rings. The Morgan fingerprint density at radius 2 is 2.20 bits per heavy atom. The van der Waals surface area contributed by atoms with Crippen molar-refractivity contribution in [2.75, 3.05) is 5.32 Å². The zero-order valence-electron chi connectivity index (χ0n) is 11.2. The summed E-state index contributed by atoms with van der Waals surface area (Å²) >= 11 is 0. The van der Waals surface area contributed by atoms with Gasteiger partial charge in [0.2, 0.25) is 5.91 Å². The van der Waals surface area contributed by atoms with E-state index >= 15 is 0 Å². The number of carbonyl (C=O) groups excluding carboxylic acids is 1. The van der Waals surface area contributed by atoms with Gasteiger partial charge in [-0.05, 0) is 30.2 Å². The van der Waals surface area contributed by atoms with E-state index in [2.05, 4.69) is 28.3 Å². The number of amides is 1. The molecule has 0 saturated heterocycles. The Hall–Kier alpha value is -2.62. The first-order chi connectivity index (χ1) is 9.74. The van der Waals surface area contributed by atoms with Gasteiger partial charge in [0, 0.05) is 23.3 Å². The molecule has 0 bridgehead atoms. The zero-order valence-corrected chi connectivity index (χ0v) is 11.2. The number of nitrogens with zero attached hydrogens (tertiary/aromatic N) is 1. The molecule has 0 aliphatic heterocycles. The molecule has 100 valence electrons. The molecule has 2 heterocycles. The summed E-state index contributed by atoms with van der Waals surface area (Å²) in [7, 11) is 0. The molecule has 0 fully saturated rings. The molecule has 1 aromatic carbocycles. The Labute approximate surface area is 116 Å². The minimum atomic E-state index is -0.0413. The molecule has 20 heavy (non-hydrogen) atoms. The van der Waals surface area contributed by atoms with Crippen LogP contribution in [0.4, 0.5) is 5.69 Å². The number of rotatable bonds is 3. The van der Waals surface area contributed by atoms with Crippen LogP contribution < -0.4 is 5.32 Å². The van der Waals surface area contributed by atoms with Crippen LogP contribution in [0.5, 0.6) is 0 Å². The summed E-state index contributed by atoms with van der Waals surface area (Å²) in [5.41, 5.74) is 4.00. The fourth-order valence-corrected chi connectivity index (χ4v) is 2.33. The van der Waals surface area contributed by atoms with E-state index in [0.29, 0.717) is 12.1 Å². The van der Waals surface area contributed by atoms with Gasteiger partial charge in [-0.3, -0.25) is 9.78 Å². The quantitative estimate of drug-likeness (QED) is 0.764. The van der Waals surface area contributed by atoms with E-state index in [1.807, 2.05) is 24.4 Å². The van der Waals surface area contributed by atoms with Gasteiger partial charge in [-0.25, -0.2) is 0 Å². The van der Waals surface area contributed by atoms with Crippen molar-refractivity contribution in [1.29, 1.82) is 0 Å². The Balaban J connectivity index is 1.80. The SMILES string of the molecule is Cc1cccc2c(CC(=O)Nc3cccnc3)c[nH]c12. The lowest BCUT2D eigenvalue weighted by atomic mass is 10.1. The Morgan fingerprint density at radius 3 is 3.00 bits per heavy atom. The van der Waals surface area contributed by atoms with Gasteiger partial charge in [0.25, 0.3) is 0 Å². The predicted molar refractivity (Wildman–Crippen MR) is 79.6 cm³/mol. The third kappa shape index (κ3) is 2.40. The van der Waals surface area contributed by atoms with Gasteiger partial charge in [-0.15, -0.1) is 0 Å². The average molecular weight is 265 g/mol. The van der Waals surface area contributed by atoms with E-state index in [-0.39, 0.29) is 5.91 Å². The lowest BCUT2D eigenvalue weighted by Gasteiger charge is -2.04. The van der Waals surface area contributed by atoms with E-state index < -0.39 is 0 Å². The highest BCUT2D eigenvalue weighted by atomic mass is 16.1. The van der Waals surface area contributed by atoms with Crippen LogP contribution in [-0.4, -0.2) is 15.9 Å². The first-order valence-electron chi connectivity index (χ1n) is 6.49. The monoisotopic (exact) mass is 265 g/mol. The van der Waals surface area contributed by atoms with Crippen molar-refractivity contribution < 1.29 is 4.79 Å². The topological polar surface area (TPSA) is 57.8 Å². The van der Waals surface area contributed by atoms with Crippen molar-refractivity contribution in [3.63, 3.8) is 0 Å². The maximum absolute atomic E-state index is 12.1. The number of pyridine rings is 1. The number of carbonyl (C=O) groups is 1. The summed E-state index contributed by atoms with van der Waals surface area (Å²) in [6.45, 7) is 2.05. The number of hydrogen-bond acceptors (Lipinski definition) is 2. The molecule has 2 N–H and O–H groups in total. The number of para-hydroxylation sites is 1. The molecule has 0 saturated carbocycles. The molecule has 0 aliphatic rings. The summed E-state index contributed by atoms with van der Waals surface area (Å²) in [5, 5.41) is 3.95. The third-order valence-corrected chi connectivity index (χ3v) is 3.31. The molecular weight excluding hydrogens is 250 g/mol. The van der Waals surface area contributed by atoms with Crippen molar-refractivity contribution in [3.05, 3.63) is 60.0 Å². The van der Waals surface area contributed by atoms with Crippen LogP contribution in [0.1, 0.15) is 11.1 Å². The molecule has 4 heteroatoms. The van der Waals surface area contributed by atoms with Crippen molar-refractivity contribution in [2.24, 2.45) is 0 Å². The summed E-state index contributed by atoms with van der Waals surface area (Å²) in [5.74, 6) is -0.0413. The number of aromatic amines is 1. The van der Waals surface area contributed by atoms with Crippen LogP contribution in [0.3, 0.4) is 0 Å². The molecule has 3 rings (SSSR count). The second kappa shape index (κ2) is 5.17. The van der Waals surface area contributed by atoms with Crippen molar-refractivity contribution >= 4 is 22.5 Å². The molecule has 0 radical (unpaired) electrons. The largest absolute Gasteiger partial charge is 0.361 e. The minimum absolute atomic E-state index is 0.0413. The van der Waals surface area contributed by atoms with E-state index in [9.17, 15) is 4.79 Å². The van der Waals surface area contributed by atoms with E-state index in [0.717, 1.165) is 16.5 Å². The van der Waals surface area contributed by atoms with Gasteiger partial charge >= 0.3 is 0 Å². The fourth-order valence-electron chi connectivity index (χ4n) is 2.33. The highest BCUT2D eigenvalue weighted by molar-refractivity contribution is 5.96. The maximum Gasteiger partial charge on any atom is 0.228 e. The molecule has 0 atom stereocenters. The number of aromatic nitrogens is 2. The smallest absolute Gasteiger partial charge is 0.228 e. The molecule has 1 amide bonds. The summed E-state index contributed by atoms with van der Waals surface area (Å²) in [6.07, 6.45) is 5.56. The molecule has 2 aromatic heterocycles. The highest BCUT2D eigenvalue weighted by Gasteiger charge is 2.09. The van der Waals surface area contributed by atoms with Crippen LogP contribution in [0.2, 0.25) is 0 Å². The molecule has 0 unspecified atom stereocenters. The van der Waals surface area contributed by atoms with Crippen LogP contribution >= 0.6 is 0 Å². The van der Waals surface area contributed by atoms with E-state index in [1.54, 1.807) is 18.5 Å². The number of H-pyrrole nitrogens is 1. The van der Waals surface area contributed by atoms with E-state index in [1.165, 1.54) is 5.56 Å². The minimum Gasteiger partial charge on any atom is -0.361 e. The number of hydrogen-bond donors (Lipinski definition) is 2. The highest BCUT2D eigenvalue weighted by Crippen LogP contribution is 2.21. The van der Waals surface area contributed by atoms with Crippen LogP contribution in [0.15, 0.2) is 48.9 Å². The van der Waals surface area contributed by atoms with Gasteiger partial charge in [0.1, 0.15) is 0 Å². The summed E-state index contributed by atoms with van der Waals surface area (Å²) in [6, 6.07) is 9.72. The maximum atomic E-state index is 12.1. The third-order valence-electron chi connectivity index (χ3n) is 3.31. The number of anilines is 1. The van der Waals surface area contributed by atoms with Gasteiger partial charge in [-0.1, -0.05) is 18.2 Å². The molecular formula is C16H15N3O. The fraction of sp³-hybridized carbons (Fsp3) is 0.125. The summed E-state index contributed by atoms with van der Waals surface area (Å²) in [4.78, 5) is 19.3. The first kappa shape index (κ1) is 12.4. The van der Waals surface area contributed by atoms with Gasteiger partial charge in [-0.2, -0.15) is 0 Å². The predicted octanol–water partition coefficient (Wildman–Crippen LogP) is 3.05. The second-order valence-corrected chi connectivity index (χ2v) is 4.78. The first-order valence-corrected chi connectivity index (χ1v) is 6.49. The number of aryl methyl sites for hydroxylation is 1. The van der Waals surface area contributed by atoms with Crippen molar-refractivity contribution in [2.45, 2.75) is 13.3 Å². The molecule has 0 aliphatic carbocycles. The van der Waals surface area contributed by atoms with Crippen molar-refractivity contribution in [3.8, 4) is 0 Å². The van der Waals surface area contributed by atoms with Crippen LogP contribution in [-0.2, 0) is 11.2 Å². The lowest BCUT2D eigenvalue weighted by molar-refractivity contribution is -0.115. The molecule has 4 nitrogen and oxygen atoms in total. The van der Waals surface area contributed by atoms with Crippen LogP contribution in [0, 0.1) is 6.92 Å². The Morgan fingerprint density at radius 1 is 1.30 bits per heavy atom.